The van der Waals surface area contributed by atoms with Crippen molar-refractivity contribution in [1.29, 1.82) is 0 Å². The van der Waals surface area contributed by atoms with E-state index in [0.717, 1.165) is 38.5 Å². The lowest BCUT2D eigenvalue weighted by Crippen LogP contribution is -2.44. The lowest BCUT2D eigenvalue weighted by molar-refractivity contribution is -0.125. The monoisotopic (exact) mass is 240 g/mol. The number of rotatable bonds is 3. The quantitative estimate of drug-likeness (QED) is 0.775. The Morgan fingerprint density at radius 1 is 1.47 bits per heavy atom. The smallest absolute Gasteiger partial charge is 0.222 e. The van der Waals surface area contributed by atoms with E-state index in [4.69, 9.17) is 4.74 Å². The molecule has 2 fully saturated rings. The van der Waals surface area contributed by atoms with E-state index in [-0.39, 0.29) is 12.0 Å². The summed E-state index contributed by atoms with van der Waals surface area (Å²) in [7, 11) is 0. The first-order valence-electron chi connectivity index (χ1n) is 6.85. The number of hydrogen-bond acceptors (Lipinski definition) is 3. The molecule has 0 radical (unpaired) electrons. The Labute approximate surface area is 103 Å². The first-order chi connectivity index (χ1) is 8.24. The van der Waals surface area contributed by atoms with E-state index >= 15 is 0 Å². The van der Waals surface area contributed by atoms with Crippen LogP contribution in [0.15, 0.2) is 0 Å². The Kier molecular flexibility index (Phi) is 4.80. The third kappa shape index (κ3) is 4.28. The number of carbonyl (C=O) groups is 1. The predicted octanol–water partition coefficient (Wildman–Crippen LogP) is 1.06. The molecule has 0 aromatic rings. The van der Waals surface area contributed by atoms with Crippen molar-refractivity contribution in [3.63, 3.8) is 0 Å². The largest absolute Gasteiger partial charge is 0.375 e. The maximum atomic E-state index is 11.9. The van der Waals surface area contributed by atoms with Crippen molar-refractivity contribution in [2.24, 2.45) is 5.92 Å². The lowest BCUT2D eigenvalue weighted by Gasteiger charge is -2.29. The van der Waals surface area contributed by atoms with Gasteiger partial charge in [0.25, 0.3) is 0 Å². The van der Waals surface area contributed by atoms with Gasteiger partial charge in [0.05, 0.1) is 19.1 Å². The van der Waals surface area contributed by atoms with Crippen molar-refractivity contribution in [2.45, 2.75) is 51.2 Å². The third-order valence-electron chi connectivity index (χ3n) is 3.72. The molecule has 0 aromatic carbocycles. The molecule has 3 unspecified atom stereocenters. The zero-order chi connectivity index (χ0) is 12.1. The molecule has 0 bridgehead atoms. The highest BCUT2D eigenvalue weighted by molar-refractivity contribution is 5.76. The molecule has 1 saturated heterocycles. The number of ether oxygens (including phenoxy) is 1. The lowest BCUT2D eigenvalue weighted by atomic mass is 9.87. The van der Waals surface area contributed by atoms with Gasteiger partial charge in [-0.3, -0.25) is 4.79 Å². The van der Waals surface area contributed by atoms with Crippen LogP contribution in [-0.4, -0.2) is 37.7 Å². The fourth-order valence-electron chi connectivity index (χ4n) is 2.81. The molecule has 1 saturated carbocycles. The van der Waals surface area contributed by atoms with Crippen molar-refractivity contribution >= 4 is 5.91 Å². The van der Waals surface area contributed by atoms with Gasteiger partial charge in [0.15, 0.2) is 0 Å². The van der Waals surface area contributed by atoms with E-state index in [2.05, 4.69) is 17.6 Å². The zero-order valence-corrected chi connectivity index (χ0v) is 10.7. The SMILES string of the molecule is CC1CCCC(NC(=O)CC2CNCCO2)C1. The Balaban J connectivity index is 1.68. The van der Waals surface area contributed by atoms with Crippen LogP contribution in [0.2, 0.25) is 0 Å². The van der Waals surface area contributed by atoms with Crippen molar-refractivity contribution < 1.29 is 9.53 Å². The van der Waals surface area contributed by atoms with Gasteiger partial charge in [-0.15, -0.1) is 0 Å². The maximum Gasteiger partial charge on any atom is 0.222 e. The fraction of sp³-hybridized carbons (Fsp3) is 0.923. The first-order valence-corrected chi connectivity index (χ1v) is 6.85. The zero-order valence-electron chi connectivity index (χ0n) is 10.7. The molecule has 1 amide bonds. The van der Waals surface area contributed by atoms with Crippen LogP contribution in [0, 0.1) is 5.92 Å². The van der Waals surface area contributed by atoms with Gasteiger partial charge in [0.2, 0.25) is 5.91 Å². The molecule has 0 aromatic heterocycles. The maximum absolute atomic E-state index is 11.9. The summed E-state index contributed by atoms with van der Waals surface area (Å²) in [5.41, 5.74) is 0. The van der Waals surface area contributed by atoms with Crippen molar-refractivity contribution in [3.05, 3.63) is 0 Å². The van der Waals surface area contributed by atoms with Crippen LogP contribution < -0.4 is 10.6 Å². The summed E-state index contributed by atoms with van der Waals surface area (Å²) >= 11 is 0. The molecule has 2 rings (SSSR count). The summed E-state index contributed by atoms with van der Waals surface area (Å²) in [4.78, 5) is 11.9. The van der Waals surface area contributed by atoms with Gasteiger partial charge in [-0.05, 0) is 18.8 Å². The van der Waals surface area contributed by atoms with E-state index in [9.17, 15) is 4.79 Å². The Morgan fingerprint density at radius 2 is 2.35 bits per heavy atom. The highest BCUT2D eigenvalue weighted by Crippen LogP contribution is 2.23. The Morgan fingerprint density at radius 3 is 3.06 bits per heavy atom. The normalized spacial score (nSPS) is 34.3. The molecule has 17 heavy (non-hydrogen) atoms. The van der Waals surface area contributed by atoms with Crippen LogP contribution in [0.3, 0.4) is 0 Å². The molecular formula is C13H24N2O2. The summed E-state index contributed by atoms with van der Waals surface area (Å²) in [6, 6.07) is 0.391. The van der Waals surface area contributed by atoms with Crippen LogP contribution >= 0.6 is 0 Å². The molecular weight excluding hydrogens is 216 g/mol. The molecule has 1 aliphatic carbocycles. The van der Waals surface area contributed by atoms with Gasteiger partial charge < -0.3 is 15.4 Å². The molecule has 3 atom stereocenters. The predicted molar refractivity (Wildman–Crippen MR) is 66.8 cm³/mol. The topological polar surface area (TPSA) is 50.4 Å². The highest BCUT2D eigenvalue weighted by Gasteiger charge is 2.22. The van der Waals surface area contributed by atoms with E-state index < -0.39 is 0 Å². The van der Waals surface area contributed by atoms with Gasteiger partial charge in [-0.25, -0.2) is 0 Å². The van der Waals surface area contributed by atoms with Gasteiger partial charge in [-0.2, -0.15) is 0 Å². The second-order valence-corrected chi connectivity index (χ2v) is 5.44. The fourth-order valence-corrected chi connectivity index (χ4v) is 2.81. The average molecular weight is 240 g/mol. The minimum atomic E-state index is 0.0600. The molecule has 1 heterocycles. The van der Waals surface area contributed by atoms with Crippen LogP contribution in [0.5, 0.6) is 0 Å². The first kappa shape index (κ1) is 12.8. The number of amides is 1. The average Bonchev–Trinajstić information content (AvgIpc) is 2.30. The Hall–Kier alpha value is -0.610. The number of carbonyl (C=O) groups excluding carboxylic acids is 1. The van der Waals surface area contributed by atoms with E-state index in [1.807, 2.05) is 0 Å². The van der Waals surface area contributed by atoms with Gasteiger partial charge in [-0.1, -0.05) is 19.8 Å². The molecule has 4 heteroatoms. The van der Waals surface area contributed by atoms with Crippen LogP contribution in [0.1, 0.15) is 39.0 Å². The van der Waals surface area contributed by atoms with Crippen molar-refractivity contribution in [2.75, 3.05) is 19.7 Å². The minimum absolute atomic E-state index is 0.0600. The Bertz CT molecular complexity index is 252. The van der Waals surface area contributed by atoms with Crippen molar-refractivity contribution in [3.8, 4) is 0 Å². The molecule has 0 spiro atoms. The van der Waals surface area contributed by atoms with E-state index in [0.29, 0.717) is 12.5 Å². The molecule has 2 N–H and O–H groups in total. The van der Waals surface area contributed by atoms with E-state index in [1.54, 1.807) is 0 Å². The highest BCUT2D eigenvalue weighted by atomic mass is 16.5. The summed E-state index contributed by atoms with van der Waals surface area (Å²) in [5.74, 6) is 0.902. The third-order valence-corrected chi connectivity index (χ3v) is 3.72. The van der Waals surface area contributed by atoms with E-state index in [1.165, 1.54) is 12.8 Å². The van der Waals surface area contributed by atoms with Gasteiger partial charge >= 0.3 is 0 Å². The summed E-state index contributed by atoms with van der Waals surface area (Å²) in [6.07, 6.45) is 5.38. The molecule has 1 aliphatic heterocycles. The summed E-state index contributed by atoms with van der Waals surface area (Å²) in [6.45, 7) is 4.69. The van der Waals surface area contributed by atoms with Gasteiger partial charge in [0.1, 0.15) is 0 Å². The van der Waals surface area contributed by atoms with Crippen LogP contribution in [0.25, 0.3) is 0 Å². The number of nitrogens with one attached hydrogen (secondary N) is 2. The molecule has 4 nitrogen and oxygen atoms in total. The van der Waals surface area contributed by atoms with Crippen molar-refractivity contribution in [1.82, 2.24) is 10.6 Å². The summed E-state index contributed by atoms with van der Waals surface area (Å²) < 4.78 is 5.54. The molecule has 2 aliphatic rings. The van der Waals surface area contributed by atoms with Crippen LogP contribution in [0.4, 0.5) is 0 Å². The second-order valence-electron chi connectivity index (χ2n) is 5.44. The standard InChI is InChI=1S/C13H24N2O2/c1-10-3-2-4-11(7-10)15-13(16)8-12-9-14-5-6-17-12/h10-12,14H,2-9H2,1H3,(H,15,16). The van der Waals surface area contributed by atoms with Gasteiger partial charge in [0, 0.05) is 19.1 Å². The molecule has 98 valence electrons. The minimum Gasteiger partial charge on any atom is -0.375 e. The number of morpholine rings is 1. The second kappa shape index (κ2) is 6.36. The number of hydrogen-bond donors (Lipinski definition) is 2. The summed E-state index contributed by atoms with van der Waals surface area (Å²) in [5, 5.41) is 6.40. The van der Waals surface area contributed by atoms with Crippen LogP contribution in [-0.2, 0) is 9.53 Å².